The lowest BCUT2D eigenvalue weighted by atomic mass is 10.1. The number of aliphatic hydroxyl groups excluding tert-OH is 1. The van der Waals surface area contributed by atoms with Crippen molar-refractivity contribution in [1.29, 1.82) is 0 Å². The van der Waals surface area contributed by atoms with Crippen LogP contribution in [0.15, 0.2) is 18.2 Å². The SMILES string of the molecule is Nc1ccc(C(=O)NC2CCCCCC2O)cc1[N+](=O)[O-]. The highest BCUT2D eigenvalue weighted by Crippen LogP contribution is 2.23. The van der Waals surface area contributed by atoms with E-state index in [1.165, 1.54) is 12.1 Å². The number of hydrogen-bond donors (Lipinski definition) is 3. The lowest BCUT2D eigenvalue weighted by Gasteiger charge is -2.21. The van der Waals surface area contributed by atoms with Gasteiger partial charge in [0.1, 0.15) is 5.69 Å². The number of nitrogens with zero attached hydrogens (tertiary/aromatic N) is 1. The molecule has 0 aromatic heterocycles. The molecule has 1 aromatic carbocycles. The summed E-state index contributed by atoms with van der Waals surface area (Å²) in [7, 11) is 0. The van der Waals surface area contributed by atoms with Crippen LogP contribution in [0.4, 0.5) is 11.4 Å². The van der Waals surface area contributed by atoms with Crippen LogP contribution in [0.3, 0.4) is 0 Å². The molecule has 1 aromatic rings. The molecule has 7 nitrogen and oxygen atoms in total. The molecule has 0 heterocycles. The largest absolute Gasteiger partial charge is 0.393 e. The van der Waals surface area contributed by atoms with E-state index in [1.54, 1.807) is 0 Å². The molecule has 2 atom stereocenters. The van der Waals surface area contributed by atoms with Crippen LogP contribution in [-0.2, 0) is 0 Å². The van der Waals surface area contributed by atoms with Gasteiger partial charge in [0.05, 0.1) is 17.1 Å². The van der Waals surface area contributed by atoms with E-state index in [1.807, 2.05) is 0 Å². The standard InChI is InChI=1S/C14H19N3O4/c15-10-7-6-9(8-12(10)17(20)21)14(19)16-11-4-2-1-3-5-13(11)18/h6-8,11,13,18H,1-5,15H2,(H,16,19). The van der Waals surface area contributed by atoms with Crippen molar-refractivity contribution in [2.24, 2.45) is 0 Å². The number of hydrogen-bond acceptors (Lipinski definition) is 5. The molecule has 4 N–H and O–H groups in total. The van der Waals surface area contributed by atoms with Crippen molar-refractivity contribution in [1.82, 2.24) is 5.32 Å². The van der Waals surface area contributed by atoms with Gasteiger partial charge in [0.15, 0.2) is 0 Å². The molecule has 0 saturated heterocycles. The van der Waals surface area contributed by atoms with Gasteiger partial charge in [-0.2, -0.15) is 0 Å². The molecule has 1 aliphatic carbocycles. The van der Waals surface area contributed by atoms with Gasteiger partial charge in [0.25, 0.3) is 11.6 Å². The first kappa shape index (κ1) is 15.2. The quantitative estimate of drug-likeness (QED) is 0.338. The maximum absolute atomic E-state index is 12.2. The number of nitrogens with one attached hydrogen (secondary N) is 1. The maximum atomic E-state index is 12.2. The first-order valence-corrected chi connectivity index (χ1v) is 7.02. The maximum Gasteiger partial charge on any atom is 0.292 e. The molecular weight excluding hydrogens is 274 g/mol. The number of amides is 1. The second kappa shape index (κ2) is 6.53. The van der Waals surface area contributed by atoms with E-state index in [0.29, 0.717) is 12.8 Å². The van der Waals surface area contributed by atoms with Gasteiger partial charge in [-0.3, -0.25) is 14.9 Å². The normalized spacial score (nSPS) is 22.3. The Balaban J connectivity index is 2.12. The smallest absolute Gasteiger partial charge is 0.292 e. The highest BCUT2D eigenvalue weighted by Gasteiger charge is 2.24. The van der Waals surface area contributed by atoms with Gasteiger partial charge < -0.3 is 16.2 Å². The lowest BCUT2D eigenvalue weighted by Crippen LogP contribution is -2.42. The monoisotopic (exact) mass is 293 g/mol. The van der Waals surface area contributed by atoms with Crippen LogP contribution in [0.1, 0.15) is 42.5 Å². The van der Waals surface area contributed by atoms with Crippen LogP contribution in [0.25, 0.3) is 0 Å². The van der Waals surface area contributed by atoms with Crippen molar-refractivity contribution in [2.45, 2.75) is 44.2 Å². The number of carbonyl (C=O) groups excluding carboxylic acids is 1. The molecular formula is C14H19N3O4. The van der Waals surface area contributed by atoms with E-state index < -0.39 is 16.9 Å². The highest BCUT2D eigenvalue weighted by atomic mass is 16.6. The number of benzene rings is 1. The summed E-state index contributed by atoms with van der Waals surface area (Å²) in [5.41, 5.74) is 5.41. The van der Waals surface area contributed by atoms with Crippen molar-refractivity contribution in [3.05, 3.63) is 33.9 Å². The Hall–Kier alpha value is -2.15. The Morgan fingerprint density at radius 1 is 1.33 bits per heavy atom. The second-order valence-electron chi connectivity index (χ2n) is 5.32. The van der Waals surface area contributed by atoms with Gasteiger partial charge in [0, 0.05) is 11.6 Å². The molecule has 0 spiro atoms. The minimum Gasteiger partial charge on any atom is -0.393 e. The van der Waals surface area contributed by atoms with Crippen LogP contribution in [0, 0.1) is 10.1 Å². The third-order valence-electron chi connectivity index (χ3n) is 3.79. The van der Waals surface area contributed by atoms with Crippen molar-refractivity contribution >= 4 is 17.3 Å². The topological polar surface area (TPSA) is 118 Å². The molecule has 7 heteroatoms. The van der Waals surface area contributed by atoms with E-state index in [9.17, 15) is 20.0 Å². The highest BCUT2D eigenvalue weighted by molar-refractivity contribution is 5.95. The van der Waals surface area contributed by atoms with Gasteiger partial charge in [-0.15, -0.1) is 0 Å². The molecule has 1 amide bonds. The molecule has 0 aliphatic heterocycles. The van der Waals surface area contributed by atoms with Crippen LogP contribution in [-0.4, -0.2) is 28.1 Å². The zero-order valence-corrected chi connectivity index (χ0v) is 11.6. The summed E-state index contributed by atoms with van der Waals surface area (Å²) in [6, 6.07) is 3.64. The minimum atomic E-state index is -0.618. The number of nitro groups is 1. The molecule has 2 rings (SSSR count). The molecule has 114 valence electrons. The number of rotatable bonds is 3. The number of nitrogens with two attached hydrogens (primary N) is 1. The fourth-order valence-corrected chi connectivity index (χ4v) is 2.55. The van der Waals surface area contributed by atoms with Gasteiger partial charge in [0.2, 0.25) is 0 Å². The summed E-state index contributed by atoms with van der Waals surface area (Å²) >= 11 is 0. The van der Waals surface area contributed by atoms with E-state index in [-0.39, 0.29) is 23.0 Å². The number of nitro benzene ring substituents is 1. The third kappa shape index (κ3) is 3.69. The Kier molecular flexibility index (Phi) is 4.74. The summed E-state index contributed by atoms with van der Waals surface area (Å²) in [6.07, 6.45) is 3.73. The summed E-state index contributed by atoms with van der Waals surface area (Å²) in [4.78, 5) is 22.4. The first-order chi connectivity index (χ1) is 9.99. The number of carbonyl (C=O) groups is 1. The summed E-state index contributed by atoms with van der Waals surface area (Å²) < 4.78 is 0. The van der Waals surface area contributed by atoms with E-state index in [2.05, 4.69) is 5.32 Å². The Morgan fingerprint density at radius 2 is 2.05 bits per heavy atom. The van der Waals surface area contributed by atoms with Gasteiger partial charge >= 0.3 is 0 Å². The number of nitrogen functional groups attached to an aromatic ring is 1. The molecule has 0 bridgehead atoms. The van der Waals surface area contributed by atoms with Gasteiger partial charge in [-0.05, 0) is 25.0 Å². The Labute approximate surface area is 122 Å². The average Bonchev–Trinajstić information content (AvgIpc) is 2.64. The Bertz CT molecular complexity index is 547. The second-order valence-corrected chi connectivity index (χ2v) is 5.32. The molecule has 21 heavy (non-hydrogen) atoms. The lowest BCUT2D eigenvalue weighted by molar-refractivity contribution is -0.383. The van der Waals surface area contributed by atoms with Crippen molar-refractivity contribution in [3.8, 4) is 0 Å². The van der Waals surface area contributed by atoms with E-state index in [0.717, 1.165) is 25.3 Å². The fraction of sp³-hybridized carbons (Fsp3) is 0.500. The van der Waals surface area contributed by atoms with Crippen LogP contribution >= 0.6 is 0 Å². The van der Waals surface area contributed by atoms with Gasteiger partial charge in [-0.25, -0.2) is 0 Å². The predicted molar refractivity (Wildman–Crippen MR) is 77.9 cm³/mol. The van der Waals surface area contributed by atoms with Crippen molar-refractivity contribution in [3.63, 3.8) is 0 Å². The number of anilines is 1. The zero-order chi connectivity index (χ0) is 15.4. The van der Waals surface area contributed by atoms with Crippen molar-refractivity contribution in [2.75, 3.05) is 5.73 Å². The first-order valence-electron chi connectivity index (χ1n) is 7.02. The third-order valence-corrected chi connectivity index (χ3v) is 3.79. The van der Waals surface area contributed by atoms with E-state index >= 15 is 0 Å². The molecule has 1 aliphatic rings. The molecule has 1 saturated carbocycles. The van der Waals surface area contributed by atoms with Crippen LogP contribution < -0.4 is 11.1 Å². The summed E-state index contributed by atoms with van der Waals surface area (Å²) in [6.45, 7) is 0. The van der Waals surface area contributed by atoms with Crippen LogP contribution in [0.5, 0.6) is 0 Å². The van der Waals surface area contributed by atoms with Crippen LogP contribution in [0.2, 0.25) is 0 Å². The minimum absolute atomic E-state index is 0.0195. The van der Waals surface area contributed by atoms with Gasteiger partial charge in [-0.1, -0.05) is 19.3 Å². The molecule has 2 unspecified atom stereocenters. The molecule has 1 fully saturated rings. The summed E-state index contributed by atoms with van der Waals surface area (Å²) in [5.74, 6) is -0.427. The van der Waals surface area contributed by atoms with Crippen molar-refractivity contribution < 1.29 is 14.8 Å². The molecule has 0 radical (unpaired) electrons. The zero-order valence-electron chi connectivity index (χ0n) is 11.6. The number of aliphatic hydroxyl groups is 1. The Morgan fingerprint density at radius 3 is 2.76 bits per heavy atom. The predicted octanol–water partition coefficient (Wildman–Crippen LogP) is 1.60. The summed E-state index contributed by atoms with van der Waals surface area (Å²) in [5, 5.41) is 23.6. The fourth-order valence-electron chi connectivity index (χ4n) is 2.55. The van der Waals surface area contributed by atoms with E-state index in [4.69, 9.17) is 5.73 Å². The average molecular weight is 293 g/mol.